The molecular weight excluding hydrogens is 402 g/mol. The quantitative estimate of drug-likeness (QED) is 0.494. The van der Waals surface area contributed by atoms with Crippen LogP contribution in [0.2, 0.25) is 5.02 Å². The smallest absolute Gasteiger partial charge is 0.191 e. The number of aliphatic imine (C=N–C) groups is 1. The lowest BCUT2D eigenvalue weighted by Crippen LogP contribution is -2.44. The predicted molar refractivity (Wildman–Crippen MR) is 122 cm³/mol. The number of hydrogen-bond acceptors (Lipinski definition) is 5. The monoisotopic (exact) mass is 431 g/mol. The number of pyridine rings is 1. The van der Waals surface area contributed by atoms with Gasteiger partial charge in [-0.05, 0) is 49.6 Å². The maximum absolute atomic E-state index is 6.30. The van der Waals surface area contributed by atoms with Gasteiger partial charge >= 0.3 is 0 Å². The second-order valence-electron chi connectivity index (χ2n) is 7.08. The SMILES string of the molecule is CCNC(=NCCc1ccc(OC)c(OC)c1)NC1CCN(c2ncccc2Cl)C1. The van der Waals surface area contributed by atoms with E-state index in [2.05, 4.69) is 27.4 Å². The van der Waals surface area contributed by atoms with Crippen LogP contribution in [0.1, 0.15) is 18.9 Å². The molecule has 3 rings (SSSR count). The number of guanidine groups is 1. The van der Waals surface area contributed by atoms with E-state index in [9.17, 15) is 0 Å². The van der Waals surface area contributed by atoms with E-state index < -0.39 is 0 Å². The number of anilines is 1. The van der Waals surface area contributed by atoms with Crippen LogP contribution in [0.15, 0.2) is 41.5 Å². The van der Waals surface area contributed by atoms with Crippen LogP contribution < -0.4 is 25.0 Å². The number of benzene rings is 1. The Bertz CT molecular complexity index is 861. The molecule has 8 heteroatoms. The number of halogens is 1. The molecule has 0 amide bonds. The summed E-state index contributed by atoms with van der Waals surface area (Å²) in [6.07, 6.45) is 3.60. The van der Waals surface area contributed by atoms with E-state index >= 15 is 0 Å². The normalized spacial score (nSPS) is 16.5. The zero-order chi connectivity index (χ0) is 21.3. The topological polar surface area (TPSA) is 71.0 Å². The summed E-state index contributed by atoms with van der Waals surface area (Å²) in [4.78, 5) is 11.4. The summed E-state index contributed by atoms with van der Waals surface area (Å²) in [5.74, 6) is 3.15. The zero-order valence-corrected chi connectivity index (χ0v) is 18.6. The molecule has 1 aliphatic rings. The van der Waals surface area contributed by atoms with Crippen molar-refractivity contribution in [1.82, 2.24) is 15.6 Å². The summed E-state index contributed by atoms with van der Waals surface area (Å²) in [6, 6.07) is 10.00. The average Bonchev–Trinajstić information content (AvgIpc) is 3.22. The van der Waals surface area contributed by atoms with Crippen molar-refractivity contribution in [2.75, 3.05) is 45.3 Å². The van der Waals surface area contributed by atoms with Crippen LogP contribution in [-0.4, -0.2) is 57.4 Å². The van der Waals surface area contributed by atoms with Crippen LogP contribution in [0.3, 0.4) is 0 Å². The predicted octanol–water partition coefficient (Wildman–Crippen LogP) is 3.13. The second-order valence-corrected chi connectivity index (χ2v) is 7.49. The molecular formula is C22H30ClN5O2. The average molecular weight is 432 g/mol. The fourth-order valence-corrected chi connectivity index (χ4v) is 3.77. The minimum absolute atomic E-state index is 0.293. The maximum atomic E-state index is 6.30. The summed E-state index contributed by atoms with van der Waals surface area (Å²) in [6.45, 7) is 5.31. The number of rotatable bonds is 8. The molecule has 162 valence electrons. The van der Waals surface area contributed by atoms with E-state index in [0.29, 0.717) is 17.6 Å². The molecule has 2 N–H and O–H groups in total. The standard InChI is InChI=1S/C22H30ClN5O2/c1-4-24-22(26-12-9-16-7-8-19(29-2)20(14-16)30-3)27-17-10-13-28(15-17)21-18(23)6-5-11-25-21/h5-8,11,14,17H,4,9-10,12-13,15H2,1-3H3,(H2,24,26,27). The van der Waals surface area contributed by atoms with Crippen molar-refractivity contribution < 1.29 is 9.47 Å². The van der Waals surface area contributed by atoms with Gasteiger partial charge in [0.25, 0.3) is 0 Å². The Kier molecular flexibility index (Phi) is 8.02. The van der Waals surface area contributed by atoms with E-state index in [4.69, 9.17) is 26.1 Å². The first kappa shape index (κ1) is 22.0. The van der Waals surface area contributed by atoms with E-state index in [1.807, 2.05) is 30.3 Å². The van der Waals surface area contributed by atoms with Gasteiger partial charge in [0.1, 0.15) is 5.82 Å². The van der Waals surface area contributed by atoms with Crippen LogP contribution in [-0.2, 0) is 6.42 Å². The molecule has 2 aromatic rings. The first-order valence-electron chi connectivity index (χ1n) is 10.3. The zero-order valence-electron chi connectivity index (χ0n) is 17.8. The minimum atomic E-state index is 0.293. The van der Waals surface area contributed by atoms with Gasteiger partial charge < -0.3 is 25.0 Å². The van der Waals surface area contributed by atoms with Gasteiger partial charge in [0.15, 0.2) is 17.5 Å². The van der Waals surface area contributed by atoms with Gasteiger partial charge in [-0.3, -0.25) is 4.99 Å². The Morgan fingerprint density at radius 1 is 1.27 bits per heavy atom. The van der Waals surface area contributed by atoms with Crippen LogP contribution in [0.4, 0.5) is 5.82 Å². The highest BCUT2D eigenvalue weighted by Crippen LogP contribution is 2.28. The Balaban J connectivity index is 1.57. The van der Waals surface area contributed by atoms with Crippen LogP contribution in [0, 0.1) is 0 Å². The Morgan fingerprint density at radius 2 is 2.10 bits per heavy atom. The summed E-state index contributed by atoms with van der Waals surface area (Å²) in [5, 5.41) is 7.57. The van der Waals surface area contributed by atoms with Gasteiger partial charge in [-0.25, -0.2) is 4.98 Å². The molecule has 0 radical (unpaired) electrons. The fourth-order valence-electron chi connectivity index (χ4n) is 3.53. The summed E-state index contributed by atoms with van der Waals surface area (Å²) >= 11 is 6.30. The van der Waals surface area contributed by atoms with Gasteiger partial charge in [-0.2, -0.15) is 0 Å². The highest BCUT2D eigenvalue weighted by Gasteiger charge is 2.25. The number of nitrogens with one attached hydrogen (secondary N) is 2. The molecule has 0 aliphatic carbocycles. The van der Waals surface area contributed by atoms with Crippen LogP contribution in [0.5, 0.6) is 11.5 Å². The molecule has 30 heavy (non-hydrogen) atoms. The van der Waals surface area contributed by atoms with Gasteiger partial charge in [-0.15, -0.1) is 0 Å². The van der Waals surface area contributed by atoms with Crippen molar-refractivity contribution in [3.8, 4) is 11.5 Å². The molecule has 0 saturated carbocycles. The number of aromatic nitrogens is 1. The molecule has 1 aromatic carbocycles. The lowest BCUT2D eigenvalue weighted by molar-refractivity contribution is 0.354. The van der Waals surface area contributed by atoms with Crippen molar-refractivity contribution >= 4 is 23.4 Å². The molecule has 0 spiro atoms. The minimum Gasteiger partial charge on any atom is -0.493 e. The highest BCUT2D eigenvalue weighted by atomic mass is 35.5. The van der Waals surface area contributed by atoms with Gasteiger partial charge in [0.2, 0.25) is 0 Å². The molecule has 1 aliphatic heterocycles. The Hall–Kier alpha value is -2.67. The molecule has 1 saturated heterocycles. The third-order valence-electron chi connectivity index (χ3n) is 5.03. The lowest BCUT2D eigenvalue weighted by Gasteiger charge is -2.20. The van der Waals surface area contributed by atoms with E-state index in [0.717, 1.165) is 61.3 Å². The summed E-state index contributed by atoms with van der Waals surface area (Å²) in [7, 11) is 3.29. The fraction of sp³-hybridized carbons (Fsp3) is 0.455. The van der Waals surface area contributed by atoms with E-state index in [-0.39, 0.29) is 0 Å². The molecule has 0 bridgehead atoms. The van der Waals surface area contributed by atoms with Gasteiger partial charge in [-0.1, -0.05) is 17.7 Å². The lowest BCUT2D eigenvalue weighted by atomic mass is 10.1. The number of ether oxygens (including phenoxy) is 2. The molecule has 1 aromatic heterocycles. The first-order valence-corrected chi connectivity index (χ1v) is 10.6. The molecule has 2 heterocycles. The first-order chi connectivity index (χ1) is 14.6. The maximum Gasteiger partial charge on any atom is 0.191 e. The molecule has 7 nitrogen and oxygen atoms in total. The number of methoxy groups -OCH3 is 2. The highest BCUT2D eigenvalue weighted by molar-refractivity contribution is 6.32. The summed E-state index contributed by atoms with van der Waals surface area (Å²) in [5.41, 5.74) is 1.16. The molecule has 1 unspecified atom stereocenters. The summed E-state index contributed by atoms with van der Waals surface area (Å²) < 4.78 is 10.7. The second kappa shape index (κ2) is 10.9. The van der Waals surface area contributed by atoms with Gasteiger partial charge in [0, 0.05) is 38.4 Å². The van der Waals surface area contributed by atoms with Crippen LogP contribution >= 0.6 is 11.6 Å². The number of hydrogen-bond donors (Lipinski definition) is 2. The van der Waals surface area contributed by atoms with Gasteiger partial charge in [0.05, 0.1) is 19.2 Å². The number of nitrogens with zero attached hydrogens (tertiary/aromatic N) is 3. The van der Waals surface area contributed by atoms with E-state index in [1.165, 1.54) is 0 Å². The Morgan fingerprint density at radius 3 is 2.83 bits per heavy atom. The van der Waals surface area contributed by atoms with E-state index in [1.54, 1.807) is 20.4 Å². The van der Waals surface area contributed by atoms with Crippen molar-refractivity contribution in [2.45, 2.75) is 25.8 Å². The van der Waals surface area contributed by atoms with Crippen molar-refractivity contribution in [3.63, 3.8) is 0 Å². The third-order valence-corrected chi connectivity index (χ3v) is 5.33. The van der Waals surface area contributed by atoms with Crippen molar-refractivity contribution in [2.24, 2.45) is 4.99 Å². The van der Waals surface area contributed by atoms with Crippen molar-refractivity contribution in [1.29, 1.82) is 0 Å². The molecule has 1 atom stereocenters. The van der Waals surface area contributed by atoms with Crippen LogP contribution in [0.25, 0.3) is 0 Å². The Labute approximate surface area is 183 Å². The molecule has 1 fully saturated rings. The largest absolute Gasteiger partial charge is 0.493 e. The third kappa shape index (κ3) is 5.69. The van der Waals surface area contributed by atoms with Crippen molar-refractivity contribution in [3.05, 3.63) is 47.1 Å².